The number of carbonyl (C=O) groups excluding carboxylic acids is 1. The third-order valence-electron chi connectivity index (χ3n) is 4.28. The molecule has 5 heteroatoms. The Morgan fingerprint density at radius 3 is 2.54 bits per heavy atom. The van der Waals surface area contributed by atoms with Gasteiger partial charge in [-0.1, -0.05) is 53.6 Å². The topological polar surface area (TPSA) is 47.8 Å². The normalized spacial score (nSPS) is 11.0. The molecule has 0 saturated heterocycles. The van der Waals surface area contributed by atoms with Gasteiger partial charge in [0.2, 0.25) is 5.91 Å². The number of halogens is 1. The number of aromatic nitrogens is 3. The zero-order chi connectivity index (χ0) is 18.3. The third-order valence-corrected chi connectivity index (χ3v) is 4.56. The number of nitrogens with zero attached hydrogens (tertiary/aromatic N) is 3. The van der Waals surface area contributed by atoms with E-state index in [1.54, 1.807) is 0 Å². The number of rotatable bonds is 2. The number of hydrogen-bond acceptors (Lipinski definition) is 3. The maximum Gasteiger partial charge on any atom is 0.244 e. The van der Waals surface area contributed by atoms with Crippen LogP contribution in [0.3, 0.4) is 0 Å². The molecule has 2 heterocycles. The fourth-order valence-electron chi connectivity index (χ4n) is 3.01. The van der Waals surface area contributed by atoms with Crippen molar-refractivity contribution in [3.63, 3.8) is 0 Å². The summed E-state index contributed by atoms with van der Waals surface area (Å²) in [5, 5.41) is 5.80. The van der Waals surface area contributed by atoms with Crippen molar-refractivity contribution in [1.82, 2.24) is 14.8 Å². The summed E-state index contributed by atoms with van der Waals surface area (Å²) in [4.78, 5) is 16.6. The van der Waals surface area contributed by atoms with E-state index in [1.807, 2.05) is 61.5 Å². The fraction of sp³-hybridized carbons (Fsp3) is 0.0952. The molecular formula is C21H16ClN3O. The predicted molar refractivity (Wildman–Crippen MR) is 104 cm³/mol. The minimum Gasteiger partial charge on any atom is -0.273 e. The molecule has 0 N–H and O–H groups in total. The van der Waals surface area contributed by atoms with Crippen LogP contribution < -0.4 is 0 Å². The molecule has 0 aliphatic rings. The second kappa shape index (κ2) is 6.39. The highest BCUT2D eigenvalue weighted by atomic mass is 35.5. The van der Waals surface area contributed by atoms with Crippen LogP contribution in [-0.4, -0.2) is 20.7 Å². The first-order valence-corrected chi connectivity index (χ1v) is 8.64. The van der Waals surface area contributed by atoms with Crippen LogP contribution in [0.4, 0.5) is 0 Å². The molecule has 0 aliphatic heterocycles. The Balaban J connectivity index is 1.95. The number of aryl methyl sites for hydroxylation is 1. The summed E-state index contributed by atoms with van der Waals surface area (Å²) in [6.45, 7) is 3.51. The molecule has 4 aromatic rings. The van der Waals surface area contributed by atoms with Crippen LogP contribution in [0.2, 0.25) is 5.15 Å². The highest BCUT2D eigenvalue weighted by molar-refractivity contribution is 6.32. The summed E-state index contributed by atoms with van der Waals surface area (Å²) in [6.07, 6.45) is 0. The molecule has 26 heavy (non-hydrogen) atoms. The first kappa shape index (κ1) is 16.5. The van der Waals surface area contributed by atoms with Crippen LogP contribution in [0.5, 0.6) is 0 Å². The van der Waals surface area contributed by atoms with Crippen LogP contribution in [0.1, 0.15) is 17.3 Å². The maximum atomic E-state index is 12.2. The van der Waals surface area contributed by atoms with Crippen molar-refractivity contribution >= 4 is 28.4 Å². The van der Waals surface area contributed by atoms with Crippen LogP contribution in [-0.2, 0) is 0 Å². The smallest absolute Gasteiger partial charge is 0.244 e. The Bertz CT molecular complexity index is 1130. The van der Waals surface area contributed by atoms with Crippen LogP contribution in [0, 0.1) is 6.92 Å². The molecule has 4 rings (SSSR count). The summed E-state index contributed by atoms with van der Waals surface area (Å²) < 4.78 is 1.38. The first-order valence-electron chi connectivity index (χ1n) is 8.26. The standard InChI is InChI=1S/C21H16ClN3O/c1-13-8-9-18-16(10-13)11-17(21(22)23-18)20-12-19(24-25(20)14(2)26)15-6-4-3-5-7-15/h3-12H,1-2H3. The third kappa shape index (κ3) is 2.89. The zero-order valence-electron chi connectivity index (χ0n) is 14.4. The van der Waals surface area contributed by atoms with E-state index in [9.17, 15) is 4.79 Å². The van der Waals surface area contributed by atoms with E-state index in [-0.39, 0.29) is 5.91 Å². The number of carbonyl (C=O) groups is 1. The van der Waals surface area contributed by atoms with Crippen molar-refractivity contribution in [3.8, 4) is 22.5 Å². The Kier molecular flexibility index (Phi) is 4.05. The van der Waals surface area contributed by atoms with Gasteiger partial charge in [0.1, 0.15) is 5.15 Å². The van der Waals surface area contributed by atoms with Gasteiger partial charge in [0.25, 0.3) is 0 Å². The van der Waals surface area contributed by atoms with Gasteiger partial charge in [0, 0.05) is 23.4 Å². The summed E-state index contributed by atoms with van der Waals surface area (Å²) in [5.41, 5.74) is 4.94. The number of fused-ring (bicyclic) bond motifs is 1. The van der Waals surface area contributed by atoms with Crippen LogP contribution in [0.25, 0.3) is 33.4 Å². The van der Waals surface area contributed by atoms with E-state index < -0.39 is 0 Å². The van der Waals surface area contributed by atoms with Crippen LogP contribution in [0.15, 0.2) is 60.7 Å². The molecule has 0 spiro atoms. The molecule has 0 atom stereocenters. The lowest BCUT2D eigenvalue weighted by Gasteiger charge is -2.08. The lowest BCUT2D eigenvalue weighted by molar-refractivity contribution is 0.0923. The molecule has 0 radical (unpaired) electrons. The van der Waals surface area contributed by atoms with Crippen molar-refractivity contribution < 1.29 is 4.79 Å². The minimum atomic E-state index is -0.178. The van der Waals surface area contributed by atoms with Gasteiger partial charge in [-0.05, 0) is 31.2 Å². The predicted octanol–water partition coefficient (Wildman–Crippen LogP) is 5.39. The van der Waals surface area contributed by atoms with Gasteiger partial charge in [0.05, 0.1) is 16.9 Å². The average Bonchev–Trinajstić information content (AvgIpc) is 3.08. The lowest BCUT2D eigenvalue weighted by atomic mass is 10.1. The van der Waals surface area contributed by atoms with E-state index in [2.05, 4.69) is 16.1 Å². The van der Waals surface area contributed by atoms with Gasteiger partial charge >= 0.3 is 0 Å². The number of pyridine rings is 1. The summed E-state index contributed by atoms with van der Waals surface area (Å²) in [6, 6.07) is 19.6. The Morgan fingerprint density at radius 1 is 1.04 bits per heavy atom. The first-order chi connectivity index (χ1) is 12.5. The van der Waals surface area contributed by atoms with E-state index in [1.165, 1.54) is 11.6 Å². The van der Waals surface area contributed by atoms with Gasteiger partial charge in [-0.2, -0.15) is 9.78 Å². The van der Waals surface area contributed by atoms with Crippen molar-refractivity contribution in [3.05, 3.63) is 71.4 Å². The van der Waals surface area contributed by atoms with Crippen molar-refractivity contribution in [1.29, 1.82) is 0 Å². The molecular weight excluding hydrogens is 346 g/mol. The highest BCUT2D eigenvalue weighted by Crippen LogP contribution is 2.33. The average molecular weight is 362 g/mol. The SMILES string of the molecule is CC(=O)n1nc(-c2ccccc2)cc1-c1cc2cc(C)ccc2nc1Cl. The summed E-state index contributed by atoms with van der Waals surface area (Å²) in [7, 11) is 0. The molecule has 128 valence electrons. The van der Waals surface area contributed by atoms with Gasteiger partial charge in [-0.15, -0.1) is 0 Å². The highest BCUT2D eigenvalue weighted by Gasteiger charge is 2.18. The minimum absolute atomic E-state index is 0.178. The fourth-order valence-corrected chi connectivity index (χ4v) is 3.26. The van der Waals surface area contributed by atoms with E-state index in [0.29, 0.717) is 16.4 Å². The summed E-state index contributed by atoms with van der Waals surface area (Å²) >= 11 is 6.45. The van der Waals surface area contributed by atoms with Crippen molar-refractivity contribution in [2.75, 3.05) is 0 Å². The van der Waals surface area contributed by atoms with Gasteiger partial charge in [0.15, 0.2) is 0 Å². The second-order valence-corrected chi connectivity index (χ2v) is 6.59. The Hall–Kier alpha value is -2.98. The zero-order valence-corrected chi connectivity index (χ0v) is 15.2. The molecule has 4 nitrogen and oxygen atoms in total. The molecule has 0 unspecified atom stereocenters. The van der Waals surface area contributed by atoms with Gasteiger partial charge in [-0.25, -0.2) is 4.98 Å². The Morgan fingerprint density at radius 2 is 1.81 bits per heavy atom. The Labute approximate surface area is 156 Å². The molecule has 2 aromatic heterocycles. The van der Waals surface area contributed by atoms with E-state index in [4.69, 9.17) is 11.6 Å². The lowest BCUT2D eigenvalue weighted by Crippen LogP contribution is -2.09. The molecule has 0 aliphatic carbocycles. The van der Waals surface area contributed by atoms with Crippen molar-refractivity contribution in [2.24, 2.45) is 0 Å². The number of hydrogen-bond donors (Lipinski definition) is 0. The van der Waals surface area contributed by atoms with Gasteiger partial charge < -0.3 is 0 Å². The van der Waals surface area contributed by atoms with E-state index >= 15 is 0 Å². The maximum absolute atomic E-state index is 12.2. The van der Waals surface area contributed by atoms with Crippen molar-refractivity contribution in [2.45, 2.75) is 13.8 Å². The van der Waals surface area contributed by atoms with Gasteiger partial charge in [-0.3, -0.25) is 4.79 Å². The monoisotopic (exact) mass is 361 g/mol. The van der Waals surface area contributed by atoms with Crippen LogP contribution >= 0.6 is 11.6 Å². The molecule has 0 bridgehead atoms. The largest absolute Gasteiger partial charge is 0.273 e. The van der Waals surface area contributed by atoms with E-state index in [0.717, 1.165) is 27.7 Å². The quantitative estimate of drug-likeness (QED) is 0.450. The second-order valence-electron chi connectivity index (χ2n) is 6.23. The molecule has 0 saturated carbocycles. The summed E-state index contributed by atoms with van der Waals surface area (Å²) in [5.74, 6) is -0.178. The molecule has 0 amide bonds. The number of benzene rings is 2. The molecule has 2 aromatic carbocycles. The molecule has 0 fully saturated rings.